The maximum absolute atomic E-state index is 13.0. The van der Waals surface area contributed by atoms with E-state index in [9.17, 15) is 9.59 Å². The van der Waals surface area contributed by atoms with Gasteiger partial charge in [0.05, 0.1) is 10.7 Å². The average Bonchev–Trinajstić information content (AvgIpc) is 3.43. The zero-order valence-electron chi connectivity index (χ0n) is 21.2. The zero-order chi connectivity index (χ0) is 27.5. The molecule has 3 aromatic carbocycles. The Hall–Kier alpha value is -3.26. The Morgan fingerprint density at radius 1 is 1.00 bits per heavy atom. The molecule has 202 valence electrons. The summed E-state index contributed by atoms with van der Waals surface area (Å²) in [6.07, 6.45) is 0.168. The summed E-state index contributed by atoms with van der Waals surface area (Å²) < 4.78 is 0. The van der Waals surface area contributed by atoms with E-state index in [0.29, 0.717) is 48.9 Å². The van der Waals surface area contributed by atoms with Crippen molar-refractivity contribution in [2.45, 2.75) is 24.3 Å². The molecule has 0 spiro atoms. The molecule has 5 rings (SSSR count). The van der Waals surface area contributed by atoms with E-state index in [1.807, 2.05) is 72.5 Å². The predicted molar refractivity (Wildman–Crippen MR) is 156 cm³/mol. The molecule has 2 amide bonds. The molecule has 0 saturated carbocycles. The molecule has 39 heavy (non-hydrogen) atoms. The molecule has 7 nitrogen and oxygen atoms in total. The molecule has 3 aromatic rings. The third kappa shape index (κ3) is 6.16. The number of hydrogen-bond donors (Lipinski definition) is 1. The number of nitrogens with one attached hydrogen (secondary N) is 1. The fraction of sp³-hybridized carbons (Fsp3) is 0.276. The van der Waals surface area contributed by atoms with E-state index in [1.165, 1.54) is 0 Å². The number of carbonyl (C=O) groups excluding carboxylic acids is 2. The number of anilines is 2. The second-order valence-electron chi connectivity index (χ2n) is 9.53. The number of nitrogens with zero attached hydrogens (tertiary/aromatic N) is 3. The van der Waals surface area contributed by atoms with E-state index in [2.05, 4.69) is 15.4 Å². The molecule has 2 aliphatic heterocycles. The highest BCUT2D eigenvalue weighted by atomic mass is 35.5. The molecule has 1 N–H and O–H groups in total. The minimum Gasteiger partial charge on any atom is -0.387 e. The number of benzene rings is 3. The molecular formula is C29H27Cl3N4O3. The highest BCUT2D eigenvalue weighted by Gasteiger charge is 2.30. The van der Waals surface area contributed by atoms with Crippen LogP contribution in [0, 0.1) is 6.92 Å². The second-order valence-corrected chi connectivity index (χ2v) is 11.0. The van der Waals surface area contributed by atoms with Crippen molar-refractivity contribution in [3.8, 4) is 0 Å². The number of halogens is 3. The minimum absolute atomic E-state index is 0.0448. The molecule has 0 aliphatic carbocycles. The van der Waals surface area contributed by atoms with Crippen LogP contribution in [0.5, 0.6) is 0 Å². The third-order valence-electron chi connectivity index (χ3n) is 6.88. The number of amides is 2. The summed E-state index contributed by atoms with van der Waals surface area (Å²) in [6, 6.07) is 20.8. The van der Waals surface area contributed by atoms with Crippen molar-refractivity contribution in [2.24, 2.45) is 5.16 Å². The fourth-order valence-electron chi connectivity index (χ4n) is 4.81. The van der Waals surface area contributed by atoms with Crippen molar-refractivity contribution in [3.05, 3.63) is 94.0 Å². The van der Waals surface area contributed by atoms with Crippen molar-refractivity contribution in [3.63, 3.8) is 0 Å². The van der Waals surface area contributed by atoms with Crippen LogP contribution in [-0.2, 0) is 9.63 Å². The van der Waals surface area contributed by atoms with E-state index in [1.54, 1.807) is 6.07 Å². The summed E-state index contributed by atoms with van der Waals surface area (Å²) >= 11 is 18.0. The standard InChI is InChI=1S/C29H27Cl3N4O3/c1-18-8-10-19(11-9-18)29(38)36-14-12-35(13-15-36)24-7-3-6-22(30)26(24)23-17-25(39-34-23)20-4-2-5-21(16-20)33-28(37)27(31)32/h2-11,16,25,27H,12-15,17H2,1H3,(H,33,37). The lowest BCUT2D eigenvalue weighted by molar-refractivity contribution is -0.114. The van der Waals surface area contributed by atoms with Crippen molar-refractivity contribution >= 4 is 63.7 Å². The first-order chi connectivity index (χ1) is 18.8. The molecule has 0 radical (unpaired) electrons. The van der Waals surface area contributed by atoms with Gasteiger partial charge in [0.1, 0.15) is 0 Å². The van der Waals surface area contributed by atoms with Crippen LogP contribution in [0.3, 0.4) is 0 Å². The van der Waals surface area contributed by atoms with Crippen molar-refractivity contribution in [2.75, 3.05) is 36.4 Å². The maximum atomic E-state index is 13.0. The van der Waals surface area contributed by atoms with Crippen LogP contribution >= 0.6 is 34.8 Å². The lowest BCUT2D eigenvalue weighted by Crippen LogP contribution is -2.49. The first-order valence-corrected chi connectivity index (χ1v) is 13.9. The van der Waals surface area contributed by atoms with Crippen LogP contribution in [0.15, 0.2) is 71.9 Å². The van der Waals surface area contributed by atoms with Crippen LogP contribution in [0.2, 0.25) is 5.02 Å². The van der Waals surface area contributed by atoms with Gasteiger partial charge in [0.15, 0.2) is 10.9 Å². The van der Waals surface area contributed by atoms with Gasteiger partial charge >= 0.3 is 0 Å². The van der Waals surface area contributed by atoms with Crippen LogP contribution in [0.4, 0.5) is 11.4 Å². The van der Waals surface area contributed by atoms with Crippen LogP contribution < -0.4 is 10.2 Å². The fourth-order valence-corrected chi connectivity index (χ4v) is 5.20. The summed E-state index contributed by atoms with van der Waals surface area (Å²) in [7, 11) is 0. The summed E-state index contributed by atoms with van der Waals surface area (Å²) in [5, 5.41) is 7.67. The molecule has 2 aliphatic rings. The van der Waals surface area contributed by atoms with Gasteiger partial charge in [-0.15, -0.1) is 0 Å². The Labute approximate surface area is 242 Å². The minimum atomic E-state index is -1.16. The van der Waals surface area contributed by atoms with Gasteiger partial charge in [-0.05, 0) is 48.9 Å². The number of alkyl halides is 2. The Bertz CT molecular complexity index is 1400. The highest BCUT2D eigenvalue weighted by molar-refractivity contribution is 6.54. The number of aryl methyl sites for hydroxylation is 1. The highest BCUT2D eigenvalue weighted by Crippen LogP contribution is 2.37. The van der Waals surface area contributed by atoms with E-state index in [-0.39, 0.29) is 12.0 Å². The number of carbonyl (C=O) groups is 2. The Kier molecular flexibility index (Phi) is 8.31. The van der Waals surface area contributed by atoms with Crippen molar-refractivity contribution in [1.29, 1.82) is 0 Å². The van der Waals surface area contributed by atoms with Gasteiger partial charge in [-0.25, -0.2) is 0 Å². The first-order valence-electron chi connectivity index (χ1n) is 12.6. The van der Waals surface area contributed by atoms with E-state index < -0.39 is 10.7 Å². The molecule has 0 aromatic heterocycles. The number of piperazine rings is 1. The van der Waals surface area contributed by atoms with E-state index >= 15 is 0 Å². The average molecular weight is 586 g/mol. The van der Waals surface area contributed by atoms with Crippen LogP contribution in [-0.4, -0.2) is 53.4 Å². The van der Waals surface area contributed by atoms with E-state index in [4.69, 9.17) is 39.6 Å². The third-order valence-corrected chi connectivity index (χ3v) is 7.59. The number of oxime groups is 1. The maximum Gasteiger partial charge on any atom is 0.257 e. The van der Waals surface area contributed by atoms with Gasteiger partial charge < -0.3 is 20.0 Å². The summed E-state index contributed by atoms with van der Waals surface area (Å²) in [5.74, 6) is -0.454. The lowest BCUT2D eigenvalue weighted by atomic mass is 9.98. The van der Waals surface area contributed by atoms with Gasteiger partial charge in [0, 0.05) is 55.1 Å². The van der Waals surface area contributed by atoms with Gasteiger partial charge in [-0.1, -0.05) is 75.9 Å². The summed E-state index contributed by atoms with van der Waals surface area (Å²) in [4.78, 5) is 33.6. The zero-order valence-corrected chi connectivity index (χ0v) is 23.5. The van der Waals surface area contributed by atoms with Gasteiger partial charge in [0.2, 0.25) is 0 Å². The van der Waals surface area contributed by atoms with Crippen molar-refractivity contribution in [1.82, 2.24) is 4.90 Å². The molecule has 2 heterocycles. The topological polar surface area (TPSA) is 74.2 Å². The molecular weight excluding hydrogens is 559 g/mol. The monoisotopic (exact) mass is 584 g/mol. The quantitative estimate of drug-likeness (QED) is 0.349. The SMILES string of the molecule is Cc1ccc(C(=O)N2CCN(c3cccc(Cl)c3C3=NOC(c4cccc(NC(=O)C(Cl)Cl)c4)C3)CC2)cc1. The van der Waals surface area contributed by atoms with Crippen LogP contribution in [0.1, 0.15) is 39.6 Å². The van der Waals surface area contributed by atoms with Crippen LogP contribution in [0.25, 0.3) is 0 Å². The summed E-state index contributed by atoms with van der Waals surface area (Å²) in [6.45, 7) is 4.56. The van der Waals surface area contributed by atoms with Crippen molar-refractivity contribution < 1.29 is 14.4 Å². The predicted octanol–water partition coefficient (Wildman–Crippen LogP) is 6.22. The molecule has 1 fully saturated rings. The van der Waals surface area contributed by atoms with Gasteiger partial charge in [-0.2, -0.15) is 0 Å². The molecule has 1 atom stereocenters. The number of hydrogen-bond acceptors (Lipinski definition) is 5. The molecule has 0 bridgehead atoms. The molecule has 1 saturated heterocycles. The molecule has 1 unspecified atom stereocenters. The largest absolute Gasteiger partial charge is 0.387 e. The second kappa shape index (κ2) is 11.9. The Balaban J connectivity index is 1.28. The smallest absolute Gasteiger partial charge is 0.257 e. The number of rotatable bonds is 6. The van der Waals surface area contributed by atoms with E-state index in [0.717, 1.165) is 28.1 Å². The molecule has 10 heteroatoms. The Morgan fingerprint density at radius 2 is 1.72 bits per heavy atom. The van der Waals surface area contributed by atoms with Gasteiger partial charge in [0.25, 0.3) is 11.8 Å². The normalized spacial score (nSPS) is 17.2. The lowest BCUT2D eigenvalue weighted by Gasteiger charge is -2.37. The first kappa shape index (κ1) is 27.3. The van der Waals surface area contributed by atoms with Gasteiger partial charge in [-0.3, -0.25) is 9.59 Å². The Morgan fingerprint density at radius 3 is 2.44 bits per heavy atom. The summed E-state index contributed by atoms with van der Waals surface area (Å²) in [5.41, 5.74) is 5.79.